The molecule has 2 rings (SSSR count). The van der Waals surface area contributed by atoms with E-state index in [-0.39, 0.29) is 29.4 Å². The van der Waals surface area contributed by atoms with Crippen molar-refractivity contribution in [1.29, 1.82) is 0 Å². The molecule has 0 heterocycles. The van der Waals surface area contributed by atoms with Gasteiger partial charge in [-0.15, -0.1) is 0 Å². The van der Waals surface area contributed by atoms with E-state index >= 15 is 0 Å². The number of hydrogen-bond acceptors (Lipinski definition) is 6. The number of hydrogen-bond donors (Lipinski definition) is 2. The zero-order chi connectivity index (χ0) is 22.4. The number of nitrogens with zero attached hydrogens (tertiary/aromatic N) is 1. The number of rotatable bonds is 10. The van der Waals surface area contributed by atoms with E-state index in [4.69, 9.17) is 9.88 Å². The molecule has 0 fully saturated rings. The molecule has 0 saturated heterocycles. The predicted octanol–water partition coefficient (Wildman–Crippen LogP) is 1.06. The van der Waals surface area contributed by atoms with E-state index in [1.807, 2.05) is 6.92 Å². The van der Waals surface area contributed by atoms with E-state index in [2.05, 4.69) is 5.32 Å². The summed E-state index contributed by atoms with van der Waals surface area (Å²) in [6, 6.07) is 11.7. The van der Waals surface area contributed by atoms with Crippen molar-refractivity contribution in [2.75, 3.05) is 19.7 Å². The Labute approximate surface area is 176 Å². The number of benzene rings is 2. The van der Waals surface area contributed by atoms with Crippen LogP contribution in [0.5, 0.6) is 5.75 Å². The average molecular weight is 456 g/mol. The third-order valence-corrected chi connectivity index (χ3v) is 7.05. The molecule has 0 atom stereocenters. The van der Waals surface area contributed by atoms with Crippen LogP contribution in [0.15, 0.2) is 58.3 Å². The number of carbonyl (C=O) groups is 1. The zero-order valence-electron chi connectivity index (χ0n) is 16.7. The highest BCUT2D eigenvalue weighted by atomic mass is 32.2. The van der Waals surface area contributed by atoms with E-state index in [0.717, 1.165) is 4.31 Å². The molecule has 0 radical (unpaired) electrons. The molecule has 0 spiro atoms. The summed E-state index contributed by atoms with van der Waals surface area (Å²) in [5, 5.41) is 7.67. The van der Waals surface area contributed by atoms with Gasteiger partial charge in [-0.3, -0.25) is 4.79 Å². The summed E-state index contributed by atoms with van der Waals surface area (Å²) in [5.74, 6) is 0.0765. The van der Waals surface area contributed by atoms with Gasteiger partial charge >= 0.3 is 0 Å². The number of primary sulfonamides is 1. The molecule has 11 heteroatoms. The van der Waals surface area contributed by atoms with Crippen LogP contribution in [0.1, 0.15) is 19.4 Å². The highest BCUT2D eigenvalue weighted by molar-refractivity contribution is 7.89. The lowest BCUT2D eigenvalue weighted by Crippen LogP contribution is -2.40. The minimum Gasteiger partial charge on any atom is -0.494 e. The van der Waals surface area contributed by atoms with Crippen LogP contribution in [0.4, 0.5) is 0 Å². The van der Waals surface area contributed by atoms with Crippen LogP contribution in [0.25, 0.3) is 0 Å². The maximum Gasteiger partial charge on any atom is 0.243 e. The summed E-state index contributed by atoms with van der Waals surface area (Å²) in [7, 11) is -7.63. The SMILES string of the molecule is CCOc1ccc(S(=O)(=O)N(CC)CC(=O)NCc2ccc(S(N)(=O)=O)cc2)cc1. The van der Waals surface area contributed by atoms with Gasteiger partial charge in [-0.25, -0.2) is 22.0 Å². The van der Waals surface area contributed by atoms with Gasteiger partial charge in [0, 0.05) is 13.1 Å². The Hall–Kier alpha value is -2.47. The van der Waals surface area contributed by atoms with E-state index in [1.54, 1.807) is 19.1 Å². The smallest absolute Gasteiger partial charge is 0.243 e. The van der Waals surface area contributed by atoms with Gasteiger partial charge in [0.05, 0.1) is 22.9 Å². The van der Waals surface area contributed by atoms with Crippen molar-refractivity contribution in [3.05, 3.63) is 54.1 Å². The second-order valence-electron chi connectivity index (χ2n) is 6.30. The van der Waals surface area contributed by atoms with Crippen LogP contribution in [-0.4, -0.2) is 46.7 Å². The molecule has 0 aliphatic rings. The monoisotopic (exact) mass is 455 g/mol. The van der Waals surface area contributed by atoms with Gasteiger partial charge < -0.3 is 10.1 Å². The summed E-state index contributed by atoms with van der Waals surface area (Å²) < 4.78 is 54.5. The first kappa shape index (κ1) is 23.8. The van der Waals surface area contributed by atoms with Crippen molar-refractivity contribution in [3.63, 3.8) is 0 Å². The molecule has 30 heavy (non-hydrogen) atoms. The molecule has 0 saturated carbocycles. The summed E-state index contributed by atoms with van der Waals surface area (Å²) in [5.41, 5.74) is 0.646. The molecule has 0 aliphatic heterocycles. The molecule has 0 aromatic heterocycles. The molecule has 0 unspecified atom stereocenters. The number of amides is 1. The third kappa shape index (κ3) is 6.26. The van der Waals surface area contributed by atoms with E-state index in [1.165, 1.54) is 36.4 Å². The van der Waals surface area contributed by atoms with Gasteiger partial charge in [0.25, 0.3) is 0 Å². The second kappa shape index (κ2) is 10.0. The van der Waals surface area contributed by atoms with Crippen molar-refractivity contribution in [2.45, 2.75) is 30.2 Å². The predicted molar refractivity (Wildman–Crippen MR) is 112 cm³/mol. The topological polar surface area (TPSA) is 136 Å². The first-order valence-electron chi connectivity index (χ1n) is 9.19. The van der Waals surface area contributed by atoms with Crippen molar-refractivity contribution < 1.29 is 26.4 Å². The Kier molecular flexibility index (Phi) is 7.96. The largest absolute Gasteiger partial charge is 0.494 e. The van der Waals surface area contributed by atoms with E-state index in [0.29, 0.717) is 17.9 Å². The molecule has 0 aliphatic carbocycles. The van der Waals surface area contributed by atoms with Crippen LogP contribution >= 0.6 is 0 Å². The summed E-state index contributed by atoms with van der Waals surface area (Å²) in [6.45, 7) is 3.83. The van der Waals surface area contributed by atoms with Gasteiger partial charge in [0.15, 0.2) is 0 Å². The Morgan fingerprint density at radius 1 is 0.967 bits per heavy atom. The minimum absolute atomic E-state index is 0.0313. The molecule has 2 aromatic rings. The number of carbonyl (C=O) groups excluding carboxylic acids is 1. The maximum absolute atomic E-state index is 12.8. The quantitative estimate of drug-likeness (QED) is 0.550. The average Bonchev–Trinajstić information content (AvgIpc) is 2.70. The van der Waals surface area contributed by atoms with Crippen molar-refractivity contribution in [1.82, 2.24) is 9.62 Å². The van der Waals surface area contributed by atoms with Gasteiger partial charge in [-0.1, -0.05) is 19.1 Å². The Balaban J connectivity index is 2.01. The van der Waals surface area contributed by atoms with Crippen molar-refractivity contribution >= 4 is 26.0 Å². The van der Waals surface area contributed by atoms with Crippen molar-refractivity contribution in [2.24, 2.45) is 5.14 Å². The number of nitrogens with one attached hydrogen (secondary N) is 1. The highest BCUT2D eigenvalue weighted by Crippen LogP contribution is 2.19. The number of sulfonamides is 2. The Morgan fingerprint density at radius 2 is 1.53 bits per heavy atom. The van der Waals surface area contributed by atoms with Crippen molar-refractivity contribution in [3.8, 4) is 5.75 Å². The molecule has 3 N–H and O–H groups in total. The number of nitrogens with two attached hydrogens (primary N) is 1. The first-order chi connectivity index (χ1) is 14.1. The first-order valence-corrected chi connectivity index (χ1v) is 12.2. The third-order valence-electron chi connectivity index (χ3n) is 4.19. The summed E-state index contributed by atoms with van der Waals surface area (Å²) in [6.07, 6.45) is 0. The lowest BCUT2D eigenvalue weighted by Gasteiger charge is -2.20. The second-order valence-corrected chi connectivity index (χ2v) is 9.80. The fourth-order valence-electron chi connectivity index (χ4n) is 2.60. The van der Waals surface area contributed by atoms with Crippen LogP contribution in [0.2, 0.25) is 0 Å². The van der Waals surface area contributed by atoms with Crippen LogP contribution in [-0.2, 0) is 31.4 Å². The van der Waals surface area contributed by atoms with Gasteiger partial charge in [-0.05, 0) is 48.9 Å². The molecule has 2 aromatic carbocycles. The molecule has 9 nitrogen and oxygen atoms in total. The molecular formula is C19H25N3O6S2. The van der Waals surface area contributed by atoms with Gasteiger partial charge in [-0.2, -0.15) is 4.31 Å². The minimum atomic E-state index is -3.85. The number of ether oxygens (including phenoxy) is 1. The van der Waals surface area contributed by atoms with Gasteiger partial charge in [0.2, 0.25) is 26.0 Å². The normalized spacial score (nSPS) is 12.0. The maximum atomic E-state index is 12.8. The summed E-state index contributed by atoms with van der Waals surface area (Å²) >= 11 is 0. The van der Waals surface area contributed by atoms with E-state index in [9.17, 15) is 21.6 Å². The molecule has 0 bridgehead atoms. The van der Waals surface area contributed by atoms with Gasteiger partial charge in [0.1, 0.15) is 5.75 Å². The molecule has 1 amide bonds. The lowest BCUT2D eigenvalue weighted by atomic mass is 10.2. The van der Waals surface area contributed by atoms with E-state index < -0.39 is 26.0 Å². The fourth-order valence-corrected chi connectivity index (χ4v) is 4.52. The standard InChI is InChI=1S/C19H25N3O6S2/c1-3-22(30(26,27)18-11-7-16(8-12-18)28-4-2)14-19(23)21-13-15-5-9-17(10-6-15)29(20,24)25/h5-12H,3-4,13-14H2,1-2H3,(H,21,23)(H2,20,24,25). The van der Waals surface area contributed by atoms with Crippen LogP contribution in [0.3, 0.4) is 0 Å². The highest BCUT2D eigenvalue weighted by Gasteiger charge is 2.25. The zero-order valence-corrected chi connectivity index (χ0v) is 18.4. The Morgan fingerprint density at radius 3 is 2.03 bits per heavy atom. The van der Waals surface area contributed by atoms with Crippen LogP contribution < -0.4 is 15.2 Å². The fraction of sp³-hybridized carbons (Fsp3) is 0.316. The molecule has 164 valence electrons. The Bertz CT molecular complexity index is 1070. The summed E-state index contributed by atoms with van der Waals surface area (Å²) in [4.78, 5) is 12.3. The van der Waals surface area contributed by atoms with Crippen LogP contribution in [0, 0.1) is 0 Å². The number of likely N-dealkylation sites (N-methyl/N-ethyl adjacent to an activating group) is 1. The lowest BCUT2D eigenvalue weighted by molar-refractivity contribution is -0.121. The molecular weight excluding hydrogens is 430 g/mol.